The average molecular weight is 439 g/mol. The van der Waals surface area contributed by atoms with E-state index >= 15 is 0 Å². The number of rotatable bonds is 4. The van der Waals surface area contributed by atoms with Crippen LogP contribution in [-0.2, 0) is 25.0 Å². The van der Waals surface area contributed by atoms with Crippen molar-refractivity contribution in [2.24, 2.45) is 0 Å². The van der Waals surface area contributed by atoms with Crippen LogP contribution in [0.2, 0.25) is 5.02 Å². The molecule has 3 atom stereocenters. The third-order valence-electron chi connectivity index (χ3n) is 4.55. The summed E-state index contributed by atoms with van der Waals surface area (Å²) in [5.41, 5.74) is -0.549. The Labute approximate surface area is 170 Å². The van der Waals surface area contributed by atoms with Crippen molar-refractivity contribution in [3.05, 3.63) is 61.4 Å². The zero-order chi connectivity index (χ0) is 20.6. The first-order valence-electron chi connectivity index (χ1n) is 8.71. The quantitative estimate of drug-likeness (QED) is 0.577. The normalized spacial score (nSPS) is 25.8. The molecule has 0 bridgehead atoms. The third kappa shape index (κ3) is 4.17. The van der Waals surface area contributed by atoms with E-state index in [0.29, 0.717) is 29.2 Å². The predicted octanol–water partition coefficient (Wildman–Crippen LogP) is 2.58. The molecule has 2 aromatic rings. The lowest BCUT2D eigenvalue weighted by Crippen LogP contribution is -2.33. The van der Waals surface area contributed by atoms with Crippen molar-refractivity contribution in [1.29, 1.82) is 0 Å². The number of hydrogen-bond donors (Lipinski definition) is 1. The van der Waals surface area contributed by atoms with Crippen LogP contribution in [0.15, 0.2) is 34.0 Å². The van der Waals surface area contributed by atoms with Gasteiger partial charge in [-0.2, -0.15) is 0 Å². The Bertz CT molecular complexity index is 1150. The van der Waals surface area contributed by atoms with Gasteiger partial charge in [-0.1, -0.05) is 17.5 Å². The molecule has 4 rings (SSSR count). The fraction of sp³-hybridized carbons (Fsp3) is 0.333. The van der Waals surface area contributed by atoms with Gasteiger partial charge < -0.3 is 9.26 Å². The van der Waals surface area contributed by atoms with Crippen molar-refractivity contribution in [2.45, 2.75) is 31.8 Å². The van der Waals surface area contributed by atoms with Crippen LogP contribution in [0.1, 0.15) is 30.2 Å². The van der Waals surface area contributed by atoms with E-state index in [4.69, 9.17) is 36.3 Å². The molecule has 29 heavy (non-hydrogen) atoms. The topological polar surface area (TPSA) is 109 Å². The molecule has 2 aliphatic rings. The molecule has 0 spiro atoms. The van der Waals surface area contributed by atoms with Crippen LogP contribution in [0.25, 0.3) is 0 Å². The van der Waals surface area contributed by atoms with Crippen LogP contribution in [0.4, 0.5) is 0 Å². The van der Waals surface area contributed by atoms with Crippen molar-refractivity contribution in [1.82, 2.24) is 9.55 Å². The summed E-state index contributed by atoms with van der Waals surface area (Å²) in [5.74, 6) is 2.61. The summed E-state index contributed by atoms with van der Waals surface area (Å²) >= 11 is 5.92. The molecule has 9 nitrogen and oxygen atoms in total. The molecule has 1 aromatic heterocycles. The van der Waals surface area contributed by atoms with Crippen molar-refractivity contribution >= 4 is 19.4 Å². The number of nitrogens with one attached hydrogen (secondary N) is 1. The minimum atomic E-state index is -3.80. The molecule has 3 heterocycles. The number of H-pyrrole nitrogens is 1. The Morgan fingerprint density at radius 3 is 3.00 bits per heavy atom. The standard InChI is InChI=1S/C18H16ClN2O7P/c1-2-11-8-21(18(23)20-17(11)22)16-6-4-14(27-16)10-26-29(24)25-9-12-7-13(19)3-5-15(12)28-29/h1,3,5,7-8,14,16H,4,6,9-10H2,(H,20,22,23). The molecule has 1 aromatic carbocycles. The first kappa shape index (κ1) is 20.0. The van der Waals surface area contributed by atoms with Crippen molar-refractivity contribution < 1.29 is 22.9 Å². The second-order valence-electron chi connectivity index (χ2n) is 6.50. The summed E-state index contributed by atoms with van der Waals surface area (Å²) in [6.07, 6.45) is 6.50. The Morgan fingerprint density at radius 2 is 2.21 bits per heavy atom. The van der Waals surface area contributed by atoms with Gasteiger partial charge in [0.1, 0.15) is 17.5 Å². The van der Waals surface area contributed by atoms with E-state index in [9.17, 15) is 14.2 Å². The predicted molar refractivity (Wildman–Crippen MR) is 103 cm³/mol. The maximum absolute atomic E-state index is 12.7. The Balaban J connectivity index is 1.40. The van der Waals surface area contributed by atoms with Crippen LogP contribution in [0.3, 0.4) is 0 Å². The number of hydrogen-bond acceptors (Lipinski definition) is 7. The Hall–Kier alpha value is -2.34. The fourth-order valence-electron chi connectivity index (χ4n) is 3.10. The smallest absolute Gasteiger partial charge is 0.404 e. The first-order chi connectivity index (χ1) is 13.9. The number of aromatic amines is 1. The van der Waals surface area contributed by atoms with Gasteiger partial charge in [0.15, 0.2) is 0 Å². The number of halogens is 1. The average Bonchev–Trinajstić information content (AvgIpc) is 3.16. The number of nitrogens with zero attached hydrogens (tertiary/aromatic N) is 1. The van der Waals surface area contributed by atoms with Crippen LogP contribution in [0.5, 0.6) is 5.75 Å². The summed E-state index contributed by atoms with van der Waals surface area (Å²) in [5, 5.41) is 0.518. The summed E-state index contributed by atoms with van der Waals surface area (Å²) in [6.45, 7) is -0.0141. The van der Waals surface area contributed by atoms with E-state index < -0.39 is 31.4 Å². The first-order valence-corrected chi connectivity index (χ1v) is 10.6. The van der Waals surface area contributed by atoms with Gasteiger partial charge in [0.25, 0.3) is 5.56 Å². The van der Waals surface area contributed by atoms with Gasteiger partial charge in [0, 0.05) is 16.8 Å². The molecule has 3 unspecified atom stereocenters. The van der Waals surface area contributed by atoms with E-state index in [-0.39, 0.29) is 18.8 Å². The van der Waals surface area contributed by atoms with E-state index in [1.807, 2.05) is 0 Å². The summed E-state index contributed by atoms with van der Waals surface area (Å²) in [4.78, 5) is 25.8. The van der Waals surface area contributed by atoms with E-state index in [1.165, 1.54) is 10.8 Å². The van der Waals surface area contributed by atoms with Crippen LogP contribution >= 0.6 is 19.4 Å². The number of fused-ring (bicyclic) bond motifs is 1. The lowest BCUT2D eigenvalue weighted by atomic mass is 10.2. The van der Waals surface area contributed by atoms with Crippen LogP contribution in [-0.4, -0.2) is 22.3 Å². The molecule has 0 amide bonds. The number of aromatic nitrogens is 2. The number of benzene rings is 1. The van der Waals surface area contributed by atoms with Gasteiger partial charge in [0.2, 0.25) is 0 Å². The molecule has 11 heteroatoms. The van der Waals surface area contributed by atoms with E-state index in [0.717, 1.165) is 0 Å². The molecule has 1 fully saturated rings. The minimum absolute atomic E-state index is 0.0279. The van der Waals surface area contributed by atoms with Gasteiger partial charge >= 0.3 is 13.5 Å². The summed E-state index contributed by atoms with van der Waals surface area (Å²) in [7, 11) is -3.80. The molecule has 1 N–H and O–H groups in total. The molecule has 1 saturated heterocycles. The lowest BCUT2D eigenvalue weighted by Gasteiger charge is -2.25. The third-order valence-corrected chi connectivity index (χ3v) is 6.11. The fourth-order valence-corrected chi connectivity index (χ4v) is 4.54. The Morgan fingerprint density at radius 1 is 1.38 bits per heavy atom. The van der Waals surface area contributed by atoms with Crippen LogP contribution < -0.4 is 15.8 Å². The highest BCUT2D eigenvalue weighted by molar-refractivity contribution is 7.49. The SMILES string of the molecule is C#Cc1cn(C2CCC(COP3(=O)OCc4cc(Cl)ccc4O3)O2)c(=O)[nH]c1=O. The van der Waals surface area contributed by atoms with Gasteiger partial charge in [-0.15, -0.1) is 6.42 Å². The maximum atomic E-state index is 12.7. The molecular formula is C18H16ClN2O7P. The van der Waals surface area contributed by atoms with E-state index in [1.54, 1.807) is 18.2 Å². The number of phosphoric ester groups is 1. The highest BCUT2D eigenvalue weighted by Gasteiger charge is 2.37. The lowest BCUT2D eigenvalue weighted by molar-refractivity contribution is -0.0264. The maximum Gasteiger partial charge on any atom is 0.530 e. The Kier molecular flexibility index (Phi) is 5.38. The number of phosphoric acid groups is 1. The second kappa shape index (κ2) is 7.82. The molecule has 0 radical (unpaired) electrons. The molecular weight excluding hydrogens is 423 g/mol. The van der Waals surface area contributed by atoms with Gasteiger partial charge in [-0.25, -0.2) is 9.36 Å². The van der Waals surface area contributed by atoms with Gasteiger partial charge in [-0.05, 0) is 31.0 Å². The summed E-state index contributed by atoms with van der Waals surface area (Å²) < 4.78 is 35.8. The molecule has 152 valence electrons. The monoisotopic (exact) mass is 438 g/mol. The highest BCUT2D eigenvalue weighted by Crippen LogP contribution is 2.55. The molecule has 0 saturated carbocycles. The van der Waals surface area contributed by atoms with Crippen molar-refractivity contribution in [2.75, 3.05) is 6.61 Å². The largest absolute Gasteiger partial charge is 0.530 e. The number of ether oxygens (including phenoxy) is 1. The zero-order valence-electron chi connectivity index (χ0n) is 15.0. The second-order valence-corrected chi connectivity index (χ2v) is 8.53. The van der Waals surface area contributed by atoms with Crippen LogP contribution in [0, 0.1) is 12.3 Å². The zero-order valence-corrected chi connectivity index (χ0v) is 16.7. The van der Waals surface area contributed by atoms with Crippen molar-refractivity contribution in [3.63, 3.8) is 0 Å². The van der Waals surface area contributed by atoms with E-state index in [2.05, 4.69) is 10.9 Å². The highest BCUT2D eigenvalue weighted by atomic mass is 35.5. The molecule has 2 aliphatic heterocycles. The van der Waals surface area contributed by atoms with Gasteiger partial charge in [0.05, 0.1) is 19.3 Å². The number of terminal acetylenes is 1. The molecule has 0 aliphatic carbocycles. The van der Waals surface area contributed by atoms with Crippen molar-refractivity contribution in [3.8, 4) is 18.1 Å². The summed E-state index contributed by atoms with van der Waals surface area (Å²) in [6, 6.07) is 4.88. The van der Waals surface area contributed by atoms with Gasteiger partial charge in [-0.3, -0.25) is 23.4 Å². The minimum Gasteiger partial charge on any atom is -0.404 e.